The minimum Gasteiger partial charge on any atom is -0.469 e. The van der Waals surface area contributed by atoms with E-state index in [-0.39, 0.29) is 11.4 Å². The smallest absolute Gasteiger partial charge is 0.305 e. The van der Waals surface area contributed by atoms with Crippen LogP contribution in [-0.2, 0) is 34.2 Å². The molecule has 1 aliphatic carbocycles. The van der Waals surface area contributed by atoms with E-state index in [4.69, 9.17) is 4.74 Å². The third-order valence-electron chi connectivity index (χ3n) is 4.00. The van der Waals surface area contributed by atoms with Crippen LogP contribution in [0.2, 0.25) is 0 Å². The highest BCUT2D eigenvalue weighted by molar-refractivity contribution is 5.69. The van der Waals surface area contributed by atoms with Crippen LogP contribution in [0.4, 0.5) is 0 Å². The Morgan fingerprint density at radius 2 is 2.00 bits per heavy atom. The van der Waals surface area contributed by atoms with Crippen molar-refractivity contribution in [3.63, 3.8) is 0 Å². The van der Waals surface area contributed by atoms with E-state index in [1.54, 1.807) is 0 Å². The summed E-state index contributed by atoms with van der Waals surface area (Å²) in [7, 11) is 1.46. The van der Waals surface area contributed by atoms with Crippen molar-refractivity contribution in [2.75, 3.05) is 7.11 Å². The second-order valence-electron chi connectivity index (χ2n) is 6.45. The van der Waals surface area contributed by atoms with Gasteiger partial charge in [0, 0.05) is 6.42 Å². The lowest BCUT2D eigenvalue weighted by atomic mass is 9.83. The van der Waals surface area contributed by atoms with Crippen molar-refractivity contribution in [1.82, 2.24) is 0 Å². The monoisotopic (exact) mass is 260 g/mol. The van der Waals surface area contributed by atoms with Crippen LogP contribution in [0.1, 0.15) is 55.9 Å². The number of rotatable bonds is 3. The topological polar surface area (TPSA) is 26.3 Å². The first-order chi connectivity index (χ1) is 8.91. The van der Waals surface area contributed by atoms with Gasteiger partial charge in [-0.1, -0.05) is 32.9 Å². The van der Waals surface area contributed by atoms with Gasteiger partial charge < -0.3 is 4.74 Å². The van der Waals surface area contributed by atoms with E-state index in [1.165, 1.54) is 42.2 Å². The number of aryl methyl sites for hydroxylation is 2. The Bertz CT molecular complexity index is 481. The Labute approximate surface area is 116 Å². The first-order valence-corrected chi connectivity index (χ1v) is 7.14. The van der Waals surface area contributed by atoms with Crippen molar-refractivity contribution in [3.05, 3.63) is 34.4 Å². The van der Waals surface area contributed by atoms with Gasteiger partial charge in [0.2, 0.25) is 0 Å². The zero-order chi connectivity index (χ0) is 14.0. The van der Waals surface area contributed by atoms with Crippen LogP contribution < -0.4 is 0 Å². The molecule has 2 nitrogen and oxygen atoms in total. The van der Waals surface area contributed by atoms with Crippen molar-refractivity contribution in [1.29, 1.82) is 0 Å². The fraction of sp³-hybridized carbons (Fsp3) is 0.588. The highest BCUT2D eigenvalue weighted by atomic mass is 16.5. The standard InChI is InChI=1S/C17H24O2/c1-17(2,3)14-10-12-6-5-7-15(12)13(11-14)8-9-16(18)19-4/h10-11H,5-9H2,1-4H3. The summed E-state index contributed by atoms with van der Waals surface area (Å²) in [5.41, 5.74) is 5.88. The van der Waals surface area contributed by atoms with Crippen molar-refractivity contribution in [3.8, 4) is 0 Å². The molecule has 0 aromatic heterocycles. The van der Waals surface area contributed by atoms with Crippen molar-refractivity contribution in [2.24, 2.45) is 0 Å². The fourth-order valence-electron chi connectivity index (χ4n) is 2.79. The fourth-order valence-corrected chi connectivity index (χ4v) is 2.79. The molecular formula is C17H24O2. The van der Waals surface area contributed by atoms with Crippen molar-refractivity contribution >= 4 is 5.97 Å². The highest BCUT2D eigenvalue weighted by Crippen LogP contribution is 2.32. The van der Waals surface area contributed by atoms with Crippen molar-refractivity contribution < 1.29 is 9.53 Å². The molecule has 0 fully saturated rings. The molecule has 19 heavy (non-hydrogen) atoms. The molecule has 0 aliphatic heterocycles. The molecule has 0 amide bonds. The molecular weight excluding hydrogens is 236 g/mol. The van der Waals surface area contributed by atoms with Crippen LogP contribution in [0, 0.1) is 0 Å². The van der Waals surface area contributed by atoms with E-state index in [1.807, 2.05) is 0 Å². The molecule has 1 aromatic rings. The summed E-state index contributed by atoms with van der Waals surface area (Å²) in [6.45, 7) is 6.73. The van der Waals surface area contributed by atoms with E-state index in [2.05, 4.69) is 32.9 Å². The average Bonchev–Trinajstić information content (AvgIpc) is 2.82. The molecule has 0 atom stereocenters. The van der Waals surface area contributed by atoms with Crippen molar-refractivity contribution in [2.45, 2.75) is 58.3 Å². The van der Waals surface area contributed by atoms with Crippen LogP contribution in [0.25, 0.3) is 0 Å². The minimum absolute atomic E-state index is 0.118. The molecule has 0 unspecified atom stereocenters. The molecule has 0 saturated heterocycles. The molecule has 0 bridgehead atoms. The first-order valence-electron chi connectivity index (χ1n) is 7.14. The second kappa shape index (κ2) is 5.36. The van der Waals surface area contributed by atoms with Gasteiger partial charge in [-0.15, -0.1) is 0 Å². The van der Waals surface area contributed by atoms with Crippen LogP contribution in [0.3, 0.4) is 0 Å². The molecule has 0 spiro atoms. The Morgan fingerprint density at radius 3 is 2.63 bits per heavy atom. The molecule has 0 saturated carbocycles. The molecule has 1 aromatic carbocycles. The number of benzene rings is 1. The second-order valence-corrected chi connectivity index (χ2v) is 6.45. The Balaban J connectivity index is 2.31. The van der Waals surface area contributed by atoms with E-state index < -0.39 is 0 Å². The normalized spacial score (nSPS) is 14.3. The summed E-state index contributed by atoms with van der Waals surface area (Å²) in [5, 5.41) is 0. The quantitative estimate of drug-likeness (QED) is 0.776. The summed E-state index contributed by atoms with van der Waals surface area (Å²) in [4.78, 5) is 11.3. The first kappa shape index (κ1) is 14.1. The number of hydrogen-bond acceptors (Lipinski definition) is 2. The Morgan fingerprint density at radius 1 is 1.26 bits per heavy atom. The third kappa shape index (κ3) is 3.17. The van der Waals surface area contributed by atoms with Gasteiger partial charge in [-0.05, 0) is 53.4 Å². The predicted molar refractivity (Wildman–Crippen MR) is 77.5 cm³/mol. The highest BCUT2D eigenvalue weighted by Gasteiger charge is 2.21. The van der Waals surface area contributed by atoms with Gasteiger partial charge in [0.25, 0.3) is 0 Å². The van der Waals surface area contributed by atoms with Crippen LogP contribution >= 0.6 is 0 Å². The Kier molecular flexibility index (Phi) is 3.98. The van der Waals surface area contributed by atoms with E-state index in [0.29, 0.717) is 6.42 Å². The van der Waals surface area contributed by atoms with E-state index in [0.717, 1.165) is 12.8 Å². The maximum absolute atomic E-state index is 11.3. The molecule has 104 valence electrons. The molecule has 0 heterocycles. The predicted octanol–water partition coefficient (Wildman–Crippen LogP) is 3.58. The lowest BCUT2D eigenvalue weighted by Crippen LogP contribution is -2.13. The van der Waals surface area contributed by atoms with Gasteiger partial charge in [-0.3, -0.25) is 4.79 Å². The molecule has 0 N–H and O–H groups in total. The third-order valence-corrected chi connectivity index (χ3v) is 4.00. The maximum atomic E-state index is 11.3. The number of methoxy groups -OCH3 is 1. The molecule has 2 rings (SSSR count). The summed E-state index contributed by atoms with van der Waals surface area (Å²) in [5.74, 6) is -0.118. The maximum Gasteiger partial charge on any atom is 0.305 e. The van der Waals surface area contributed by atoms with Gasteiger partial charge in [0.15, 0.2) is 0 Å². The number of fused-ring (bicyclic) bond motifs is 1. The summed E-state index contributed by atoms with van der Waals surface area (Å²) in [6, 6.07) is 4.66. The lowest BCUT2D eigenvalue weighted by Gasteiger charge is -2.22. The number of esters is 1. The van der Waals surface area contributed by atoms with E-state index >= 15 is 0 Å². The van der Waals surface area contributed by atoms with Gasteiger partial charge in [-0.2, -0.15) is 0 Å². The SMILES string of the molecule is COC(=O)CCc1cc(C(C)(C)C)cc2c1CCC2. The molecule has 0 radical (unpaired) electrons. The van der Waals surface area contributed by atoms with Crippen LogP contribution in [0.5, 0.6) is 0 Å². The van der Waals surface area contributed by atoms with Crippen LogP contribution in [-0.4, -0.2) is 13.1 Å². The summed E-state index contributed by atoms with van der Waals surface area (Å²) >= 11 is 0. The lowest BCUT2D eigenvalue weighted by molar-refractivity contribution is -0.140. The number of carbonyl (C=O) groups is 1. The Hall–Kier alpha value is -1.31. The average molecular weight is 260 g/mol. The van der Waals surface area contributed by atoms with Gasteiger partial charge in [0.05, 0.1) is 7.11 Å². The molecule has 1 aliphatic rings. The minimum atomic E-state index is -0.118. The largest absolute Gasteiger partial charge is 0.469 e. The van der Waals surface area contributed by atoms with Crippen LogP contribution in [0.15, 0.2) is 12.1 Å². The number of ether oxygens (including phenoxy) is 1. The van der Waals surface area contributed by atoms with E-state index in [9.17, 15) is 4.79 Å². The zero-order valence-electron chi connectivity index (χ0n) is 12.5. The summed E-state index contributed by atoms with van der Waals surface area (Å²) in [6.07, 6.45) is 4.88. The zero-order valence-corrected chi connectivity index (χ0v) is 12.5. The molecule has 2 heteroatoms. The number of hydrogen-bond donors (Lipinski definition) is 0. The van der Waals surface area contributed by atoms with Gasteiger partial charge in [0.1, 0.15) is 0 Å². The van der Waals surface area contributed by atoms with Gasteiger partial charge in [-0.25, -0.2) is 0 Å². The summed E-state index contributed by atoms with van der Waals surface area (Å²) < 4.78 is 4.75. The number of carbonyl (C=O) groups excluding carboxylic acids is 1. The van der Waals surface area contributed by atoms with Gasteiger partial charge >= 0.3 is 5.97 Å².